The Kier molecular flexibility index (Phi) is 2.46. The molecule has 1 fully saturated rings. The van der Waals surface area contributed by atoms with Gasteiger partial charge in [-0.25, -0.2) is 0 Å². The van der Waals surface area contributed by atoms with Crippen molar-refractivity contribution in [3.05, 3.63) is 11.6 Å². The van der Waals surface area contributed by atoms with E-state index in [1.165, 1.54) is 32.1 Å². The molecule has 0 saturated heterocycles. The minimum Gasteiger partial charge on any atom is -0.396 e. The molecule has 0 spiro atoms. The summed E-state index contributed by atoms with van der Waals surface area (Å²) in [5, 5.41) is 9.09. The second-order valence-corrected chi connectivity index (χ2v) is 5.01. The molecule has 2 unspecified atom stereocenters. The van der Waals surface area contributed by atoms with Crippen LogP contribution in [0.25, 0.3) is 0 Å². The van der Waals surface area contributed by atoms with Crippen molar-refractivity contribution >= 4 is 0 Å². The minimum absolute atomic E-state index is 0.375. The van der Waals surface area contributed by atoms with E-state index >= 15 is 0 Å². The standard InChI is InChI=1S/C12H20O/c1-10-7-11-3-2-4-12(8-10,9-11)5-6-13/h7,10,13H,2-6,8-9H2,1H3. The van der Waals surface area contributed by atoms with Crippen LogP contribution in [0.4, 0.5) is 0 Å². The number of aliphatic hydroxyl groups is 1. The van der Waals surface area contributed by atoms with Gasteiger partial charge >= 0.3 is 0 Å². The van der Waals surface area contributed by atoms with E-state index in [1.54, 1.807) is 5.57 Å². The zero-order valence-corrected chi connectivity index (χ0v) is 8.55. The molecule has 0 aromatic rings. The molecule has 2 aliphatic carbocycles. The molecule has 0 amide bonds. The molecule has 2 aliphatic rings. The SMILES string of the molecule is CC1C=C2CCCC(CCO)(C2)C1. The van der Waals surface area contributed by atoms with Crippen LogP contribution in [0.5, 0.6) is 0 Å². The lowest BCUT2D eigenvalue weighted by atomic mass is 9.62. The normalized spacial score (nSPS) is 38.6. The highest BCUT2D eigenvalue weighted by atomic mass is 16.3. The van der Waals surface area contributed by atoms with Crippen molar-refractivity contribution in [2.45, 2.75) is 45.4 Å². The average molecular weight is 180 g/mol. The Morgan fingerprint density at radius 1 is 1.62 bits per heavy atom. The fraction of sp³-hybridized carbons (Fsp3) is 0.833. The number of allylic oxidation sites excluding steroid dienone is 2. The summed E-state index contributed by atoms with van der Waals surface area (Å²) in [4.78, 5) is 0. The van der Waals surface area contributed by atoms with Gasteiger partial charge in [-0.3, -0.25) is 0 Å². The molecule has 0 aromatic carbocycles. The molecule has 0 aromatic heterocycles. The van der Waals surface area contributed by atoms with Gasteiger partial charge in [-0.1, -0.05) is 18.6 Å². The third kappa shape index (κ3) is 1.80. The van der Waals surface area contributed by atoms with Crippen LogP contribution in [-0.2, 0) is 0 Å². The summed E-state index contributed by atoms with van der Waals surface area (Å²) in [6.07, 6.45) is 10.1. The smallest absolute Gasteiger partial charge is 0.0436 e. The molecule has 2 bridgehead atoms. The van der Waals surface area contributed by atoms with Gasteiger partial charge in [0.05, 0.1) is 0 Å². The van der Waals surface area contributed by atoms with Crippen molar-refractivity contribution in [2.75, 3.05) is 6.61 Å². The Hall–Kier alpha value is -0.300. The molecular weight excluding hydrogens is 160 g/mol. The fourth-order valence-corrected chi connectivity index (χ4v) is 3.36. The summed E-state index contributed by atoms with van der Waals surface area (Å²) in [5.74, 6) is 0.746. The topological polar surface area (TPSA) is 20.2 Å². The molecule has 1 N–H and O–H groups in total. The molecule has 0 aliphatic heterocycles. The molecule has 1 saturated carbocycles. The van der Waals surface area contributed by atoms with Crippen molar-refractivity contribution in [1.82, 2.24) is 0 Å². The summed E-state index contributed by atoms with van der Waals surface area (Å²) in [6, 6.07) is 0. The molecule has 1 heteroatoms. The van der Waals surface area contributed by atoms with Gasteiger partial charge in [0.1, 0.15) is 0 Å². The maximum atomic E-state index is 9.09. The summed E-state index contributed by atoms with van der Waals surface area (Å²) < 4.78 is 0. The van der Waals surface area contributed by atoms with Gasteiger partial charge in [0, 0.05) is 6.61 Å². The first-order valence-corrected chi connectivity index (χ1v) is 5.55. The molecule has 2 rings (SSSR count). The quantitative estimate of drug-likeness (QED) is 0.648. The Morgan fingerprint density at radius 3 is 3.23 bits per heavy atom. The van der Waals surface area contributed by atoms with E-state index < -0.39 is 0 Å². The van der Waals surface area contributed by atoms with Crippen LogP contribution in [-0.4, -0.2) is 11.7 Å². The zero-order valence-electron chi connectivity index (χ0n) is 8.55. The number of aliphatic hydroxyl groups excluding tert-OH is 1. The lowest BCUT2D eigenvalue weighted by molar-refractivity contribution is 0.117. The summed E-state index contributed by atoms with van der Waals surface area (Å²) in [5.41, 5.74) is 2.15. The number of hydrogen-bond donors (Lipinski definition) is 1. The predicted octanol–water partition coefficient (Wildman–Crippen LogP) is 2.90. The van der Waals surface area contributed by atoms with E-state index in [0.717, 1.165) is 12.3 Å². The number of rotatable bonds is 2. The summed E-state index contributed by atoms with van der Waals surface area (Å²) >= 11 is 0. The Bertz CT molecular complexity index is 215. The van der Waals surface area contributed by atoms with Crippen molar-refractivity contribution in [1.29, 1.82) is 0 Å². The lowest BCUT2D eigenvalue weighted by Crippen LogP contribution is -2.31. The maximum absolute atomic E-state index is 9.09. The monoisotopic (exact) mass is 180 g/mol. The van der Waals surface area contributed by atoms with E-state index in [4.69, 9.17) is 5.11 Å². The Balaban J connectivity index is 2.16. The minimum atomic E-state index is 0.375. The highest BCUT2D eigenvalue weighted by Gasteiger charge is 2.37. The van der Waals surface area contributed by atoms with Crippen LogP contribution in [0.15, 0.2) is 11.6 Å². The van der Waals surface area contributed by atoms with Gasteiger partial charge in [-0.2, -0.15) is 0 Å². The second-order valence-electron chi connectivity index (χ2n) is 5.01. The molecule has 1 nitrogen and oxygen atoms in total. The highest BCUT2D eigenvalue weighted by Crippen LogP contribution is 2.49. The fourth-order valence-electron chi connectivity index (χ4n) is 3.36. The van der Waals surface area contributed by atoms with Gasteiger partial charge in [0.2, 0.25) is 0 Å². The molecular formula is C12H20O. The predicted molar refractivity (Wildman–Crippen MR) is 54.5 cm³/mol. The van der Waals surface area contributed by atoms with Crippen LogP contribution < -0.4 is 0 Å². The molecule has 2 atom stereocenters. The van der Waals surface area contributed by atoms with E-state index in [1.807, 2.05) is 0 Å². The highest BCUT2D eigenvalue weighted by molar-refractivity contribution is 5.15. The lowest BCUT2D eigenvalue weighted by Gasteiger charge is -2.43. The van der Waals surface area contributed by atoms with Crippen LogP contribution >= 0.6 is 0 Å². The molecule has 74 valence electrons. The Labute approximate surface area is 80.8 Å². The van der Waals surface area contributed by atoms with Gasteiger partial charge in [-0.15, -0.1) is 0 Å². The van der Waals surface area contributed by atoms with Crippen LogP contribution in [0.2, 0.25) is 0 Å². The van der Waals surface area contributed by atoms with Gasteiger partial charge < -0.3 is 5.11 Å². The molecule has 0 heterocycles. The van der Waals surface area contributed by atoms with Crippen molar-refractivity contribution in [3.8, 4) is 0 Å². The molecule has 13 heavy (non-hydrogen) atoms. The van der Waals surface area contributed by atoms with E-state index in [2.05, 4.69) is 13.0 Å². The zero-order chi connectivity index (χ0) is 9.31. The first-order chi connectivity index (χ1) is 6.24. The average Bonchev–Trinajstić information content (AvgIpc) is 2.02. The number of hydrogen-bond acceptors (Lipinski definition) is 1. The van der Waals surface area contributed by atoms with Crippen LogP contribution in [0.3, 0.4) is 0 Å². The molecule has 0 radical (unpaired) electrons. The summed E-state index contributed by atoms with van der Waals surface area (Å²) in [7, 11) is 0. The van der Waals surface area contributed by atoms with Crippen LogP contribution in [0, 0.1) is 11.3 Å². The van der Waals surface area contributed by atoms with Crippen molar-refractivity contribution < 1.29 is 5.11 Å². The maximum Gasteiger partial charge on any atom is 0.0436 e. The van der Waals surface area contributed by atoms with Gasteiger partial charge in [0.25, 0.3) is 0 Å². The third-order valence-corrected chi connectivity index (χ3v) is 3.72. The third-order valence-electron chi connectivity index (χ3n) is 3.72. The number of fused-ring (bicyclic) bond motifs is 2. The van der Waals surface area contributed by atoms with Crippen molar-refractivity contribution in [2.24, 2.45) is 11.3 Å². The van der Waals surface area contributed by atoms with E-state index in [9.17, 15) is 0 Å². The van der Waals surface area contributed by atoms with Crippen LogP contribution in [0.1, 0.15) is 45.4 Å². The van der Waals surface area contributed by atoms with E-state index in [-0.39, 0.29) is 0 Å². The van der Waals surface area contributed by atoms with Crippen molar-refractivity contribution in [3.63, 3.8) is 0 Å². The Morgan fingerprint density at radius 2 is 2.46 bits per heavy atom. The van der Waals surface area contributed by atoms with Gasteiger partial charge in [-0.05, 0) is 49.9 Å². The summed E-state index contributed by atoms with van der Waals surface area (Å²) in [6.45, 7) is 2.69. The first-order valence-electron chi connectivity index (χ1n) is 5.55. The van der Waals surface area contributed by atoms with Gasteiger partial charge in [0.15, 0.2) is 0 Å². The first kappa shape index (κ1) is 9.26. The van der Waals surface area contributed by atoms with E-state index in [0.29, 0.717) is 12.0 Å². The second kappa shape index (κ2) is 3.45. The largest absolute Gasteiger partial charge is 0.396 e.